The molecule has 6 nitrogen and oxygen atoms in total. The Hall–Kier alpha value is -2.93. The molecule has 0 saturated carbocycles. The number of benzene rings is 1. The van der Waals surface area contributed by atoms with E-state index < -0.39 is 0 Å². The summed E-state index contributed by atoms with van der Waals surface area (Å²) in [5, 5.41) is 5.54. The molecule has 0 fully saturated rings. The van der Waals surface area contributed by atoms with Crippen LogP contribution in [0.25, 0.3) is 5.13 Å². The molecule has 0 aliphatic heterocycles. The molecule has 3 rings (SSSR count). The van der Waals surface area contributed by atoms with Crippen LogP contribution in [0.1, 0.15) is 27.3 Å². The second-order valence-electron chi connectivity index (χ2n) is 6.51. The van der Waals surface area contributed by atoms with Crippen molar-refractivity contribution in [2.45, 2.75) is 20.8 Å². The standard InChI is InChI=1S/C20H22N4O2S/c1-13-5-7-16(8-6-13)22-18(25)12-23(4)19(26)17-11-14(2)24(15(17)3)20-21-9-10-27-20/h5-11H,12H2,1-4H3,(H,22,25). The summed E-state index contributed by atoms with van der Waals surface area (Å²) in [5.74, 6) is -0.423. The lowest BCUT2D eigenvalue weighted by Crippen LogP contribution is -2.35. The number of carbonyl (C=O) groups is 2. The average molecular weight is 382 g/mol. The van der Waals surface area contributed by atoms with Crippen LogP contribution in [0, 0.1) is 20.8 Å². The van der Waals surface area contributed by atoms with Gasteiger partial charge in [-0.15, -0.1) is 11.3 Å². The van der Waals surface area contributed by atoms with Crippen LogP contribution in [0.15, 0.2) is 41.9 Å². The monoisotopic (exact) mass is 382 g/mol. The SMILES string of the molecule is Cc1ccc(NC(=O)CN(C)C(=O)c2cc(C)n(-c3nccs3)c2C)cc1. The molecule has 0 aliphatic rings. The highest BCUT2D eigenvalue weighted by Gasteiger charge is 2.21. The summed E-state index contributed by atoms with van der Waals surface area (Å²) in [6, 6.07) is 9.39. The number of nitrogens with zero attached hydrogens (tertiary/aromatic N) is 3. The Morgan fingerprint density at radius 2 is 1.89 bits per heavy atom. The molecule has 1 N–H and O–H groups in total. The minimum absolute atomic E-state index is 0.0202. The van der Waals surface area contributed by atoms with Crippen LogP contribution in [-0.2, 0) is 4.79 Å². The number of thiazole rings is 1. The first-order valence-electron chi connectivity index (χ1n) is 8.57. The minimum Gasteiger partial charge on any atom is -0.332 e. The zero-order chi connectivity index (χ0) is 19.6. The molecule has 7 heteroatoms. The van der Waals surface area contributed by atoms with Gasteiger partial charge in [0.15, 0.2) is 5.13 Å². The van der Waals surface area contributed by atoms with Gasteiger partial charge >= 0.3 is 0 Å². The summed E-state index contributed by atoms with van der Waals surface area (Å²) in [6.45, 7) is 5.80. The van der Waals surface area contributed by atoms with E-state index in [1.54, 1.807) is 13.2 Å². The number of hydrogen-bond donors (Lipinski definition) is 1. The fraction of sp³-hybridized carbons (Fsp3) is 0.250. The van der Waals surface area contributed by atoms with Crippen LogP contribution in [0.2, 0.25) is 0 Å². The molecule has 0 atom stereocenters. The molecule has 27 heavy (non-hydrogen) atoms. The van der Waals surface area contributed by atoms with Gasteiger partial charge in [-0.3, -0.25) is 14.2 Å². The van der Waals surface area contributed by atoms with Crippen molar-refractivity contribution in [3.8, 4) is 5.13 Å². The van der Waals surface area contributed by atoms with Crippen molar-refractivity contribution >= 4 is 28.8 Å². The number of hydrogen-bond acceptors (Lipinski definition) is 4. The van der Waals surface area contributed by atoms with Crippen molar-refractivity contribution in [2.24, 2.45) is 0 Å². The molecule has 0 aliphatic carbocycles. The van der Waals surface area contributed by atoms with Crippen molar-refractivity contribution in [1.82, 2.24) is 14.5 Å². The Morgan fingerprint density at radius 1 is 1.19 bits per heavy atom. The summed E-state index contributed by atoms with van der Waals surface area (Å²) in [6.07, 6.45) is 1.74. The van der Waals surface area contributed by atoms with E-state index in [1.165, 1.54) is 16.2 Å². The molecule has 0 spiro atoms. The first kappa shape index (κ1) is 18.8. The van der Waals surface area contributed by atoms with E-state index in [1.807, 2.05) is 61.1 Å². The normalized spacial score (nSPS) is 10.7. The fourth-order valence-corrected chi connectivity index (χ4v) is 3.68. The highest BCUT2D eigenvalue weighted by molar-refractivity contribution is 7.12. The zero-order valence-corrected chi connectivity index (χ0v) is 16.6. The van der Waals surface area contributed by atoms with E-state index >= 15 is 0 Å². The fourth-order valence-electron chi connectivity index (χ4n) is 2.93. The summed E-state index contributed by atoms with van der Waals surface area (Å²) < 4.78 is 1.96. The molecule has 0 radical (unpaired) electrons. The van der Waals surface area contributed by atoms with E-state index in [9.17, 15) is 9.59 Å². The van der Waals surface area contributed by atoms with Crippen LogP contribution in [-0.4, -0.2) is 39.9 Å². The number of aryl methyl sites for hydroxylation is 2. The van der Waals surface area contributed by atoms with Gasteiger partial charge in [0.2, 0.25) is 5.91 Å². The summed E-state index contributed by atoms with van der Waals surface area (Å²) >= 11 is 1.51. The smallest absolute Gasteiger partial charge is 0.255 e. The Morgan fingerprint density at radius 3 is 2.52 bits per heavy atom. The van der Waals surface area contributed by atoms with Crippen LogP contribution in [0.4, 0.5) is 5.69 Å². The van der Waals surface area contributed by atoms with Gasteiger partial charge in [-0.2, -0.15) is 0 Å². The highest BCUT2D eigenvalue weighted by Crippen LogP contribution is 2.23. The second-order valence-corrected chi connectivity index (χ2v) is 7.38. The molecule has 2 amide bonds. The van der Waals surface area contributed by atoms with Gasteiger partial charge in [-0.05, 0) is 39.0 Å². The van der Waals surface area contributed by atoms with Crippen LogP contribution in [0.5, 0.6) is 0 Å². The third-order valence-corrected chi connectivity index (χ3v) is 5.09. The number of carbonyl (C=O) groups excluding carboxylic acids is 2. The van der Waals surface area contributed by atoms with Crippen molar-refractivity contribution in [3.05, 3.63) is 64.4 Å². The van der Waals surface area contributed by atoms with E-state index in [0.29, 0.717) is 11.3 Å². The Balaban J connectivity index is 1.71. The quantitative estimate of drug-likeness (QED) is 0.734. The Labute approximate surface area is 162 Å². The summed E-state index contributed by atoms with van der Waals surface area (Å²) in [5.41, 5.74) is 4.17. The third-order valence-electron chi connectivity index (χ3n) is 4.33. The molecule has 0 saturated heterocycles. The Bertz CT molecular complexity index is 959. The van der Waals surface area contributed by atoms with Crippen LogP contribution >= 0.6 is 11.3 Å². The number of nitrogens with one attached hydrogen (secondary N) is 1. The van der Waals surface area contributed by atoms with Crippen molar-refractivity contribution in [1.29, 1.82) is 0 Å². The molecule has 0 unspecified atom stereocenters. The summed E-state index contributed by atoms with van der Waals surface area (Å²) in [7, 11) is 1.63. The second kappa shape index (κ2) is 7.75. The molecule has 1 aromatic carbocycles. The van der Waals surface area contributed by atoms with Crippen LogP contribution < -0.4 is 5.32 Å². The number of likely N-dealkylation sites (N-methyl/N-ethyl adjacent to an activating group) is 1. The summed E-state index contributed by atoms with van der Waals surface area (Å²) in [4.78, 5) is 30.9. The lowest BCUT2D eigenvalue weighted by Gasteiger charge is -2.17. The van der Waals surface area contributed by atoms with Gasteiger partial charge < -0.3 is 10.2 Å². The largest absolute Gasteiger partial charge is 0.332 e. The number of amides is 2. The van der Waals surface area contributed by atoms with E-state index in [-0.39, 0.29) is 18.4 Å². The molecule has 2 aromatic heterocycles. The first-order chi connectivity index (χ1) is 12.9. The highest BCUT2D eigenvalue weighted by atomic mass is 32.1. The number of anilines is 1. The average Bonchev–Trinajstić information content (AvgIpc) is 3.24. The van der Waals surface area contributed by atoms with Crippen molar-refractivity contribution in [3.63, 3.8) is 0 Å². The van der Waals surface area contributed by atoms with Gasteiger partial charge in [-0.1, -0.05) is 17.7 Å². The lowest BCUT2D eigenvalue weighted by molar-refractivity contribution is -0.116. The van der Waals surface area contributed by atoms with E-state index in [4.69, 9.17) is 0 Å². The topological polar surface area (TPSA) is 67.2 Å². The molecule has 2 heterocycles. The maximum Gasteiger partial charge on any atom is 0.255 e. The van der Waals surface area contributed by atoms with Crippen molar-refractivity contribution in [2.75, 3.05) is 18.9 Å². The maximum absolute atomic E-state index is 12.8. The minimum atomic E-state index is -0.233. The predicted molar refractivity (Wildman–Crippen MR) is 108 cm³/mol. The lowest BCUT2D eigenvalue weighted by atomic mass is 10.2. The first-order valence-corrected chi connectivity index (χ1v) is 9.45. The predicted octanol–water partition coefficient (Wildman–Crippen LogP) is 3.57. The van der Waals surface area contributed by atoms with Crippen molar-refractivity contribution < 1.29 is 9.59 Å². The van der Waals surface area contributed by atoms with Gasteiger partial charge in [0.25, 0.3) is 5.91 Å². The zero-order valence-electron chi connectivity index (χ0n) is 15.8. The third kappa shape index (κ3) is 4.09. The van der Waals surface area contributed by atoms with E-state index in [2.05, 4.69) is 10.3 Å². The van der Waals surface area contributed by atoms with Gasteiger partial charge in [-0.25, -0.2) is 4.98 Å². The number of rotatable bonds is 5. The maximum atomic E-state index is 12.8. The van der Waals surface area contributed by atoms with Gasteiger partial charge in [0.1, 0.15) is 0 Å². The van der Waals surface area contributed by atoms with Crippen LogP contribution in [0.3, 0.4) is 0 Å². The molecular formula is C20H22N4O2S. The molecule has 140 valence electrons. The number of aromatic nitrogens is 2. The van der Waals surface area contributed by atoms with Gasteiger partial charge in [0, 0.05) is 35.7 Å². The molecular weight excluding hydrogens is 360 g/mol. The molecule has 3 aromatic rings. The van der Waals surface area contributed by atoms with E-state index in [0.717, 1.165) is 22.1 Å². The van der Waals surface area contributed by atoms with Gasteiger partial charge in [0.05, 0.1) is 12.1 Å². The Kier molecular flexibility index (Phi) is 5.41. The molecule has 0 bridgehead atoms.